The smallest absolute Gasteiger partial charge is 0.259 e. The fraction of sp³-hybridized carbons (Fsp3) is 0.133. The molecular weight excluding hydrogens is 336 g/mol. The van der Waals surface area contributed by atoms with Crippen LogP contribution in [0, 0.1) is 0 Å². The van der Waals surface area contributed by atoms with Crippen molar-refractivity contribution in [3.8, 4) is 11.5 Å². The van der Waals surface area contributed by atoms with E-state index in [0.29, 0.717) is 22.6 Å². The summed E-state index contributed by atoms with van der Waals surface area (Å²) >= 11 is 7.48. The van der Waals surface area contributed by atoms with Crippen LogP contribution in [0.4, 0.5) is 0 Å². The molecule has 2 N–H and O–H groups in total. The summed E-state index contributed by atoms with van der Waals surface area (Å²) in [5.41, 5.74) is 7.38. The van der Waals surface area contributed by atoms with Crippen LogP contribution in [0.25, 0.3) is 11.5 Å². The van der Waals surface area contributed by atoms with Crippen molar-refractivity contribution in [1.82, 2.24) is 10.2 Å². The molecule has 3 aromatic rings. The van der Waals surface area contributed by atoms with Crippen LogP contribution < -0.4 is 5.73 Å². The summed E-state index contributed by atoms with van der Waals surface area (Å²) < 4.78 is 5.60. The van der Waals surface area contributed by atoms with Gasteiger partial charge in [0.2, 0.25) is 12.0 Å². The number of oxime groups is 1. The van der Waals surface area contributed by atoms with Crippen molar-refractivity contribution < 1.29 is 9.25 Å². The number of hydrogen-bond donors (Lipinski definition) is 1. The molecule has 118 valence electrons. The molecule has 0 aliphatic heterocycles. The summed E-state index contributed by atoms with van der Waals surface area (Å²) in [7, 11) is 0. The molecule has 0 amide bonds. The number of benzene rings is 1. The number of nitrogens with two attached hydrogens (primary N) is 1. The summed E-state index contributed by atoms with van der Waals surface area (Å²) in [6.45, 7) is 1.75. The topological polar surface area (TPSA) is 86.5 Å². The highest BCUT2D eigenvalue weighted by atomic mass is 35.5. The third-order valence-electron chi connectivity index (χ3n) is 2.99. The number of hydrogen-bond acceptors (Lipinski definition) is 6. The van der Waals surface area contributed by atoms with Gasteiger partial charge in [0.15, 0.2) is 5.84 Å². The Balaban J connectivity index is 1.71. The lowest BCUT2D eigenvalue weighted by molar-refractivity contribution is 0.0527. The Morgan fingerprint density at radius 1 is 1.39 bits per heavy atom. The average Bonchev–Trinajstić information content (AvgIpc) is 3.23. The minimum absolute atomic E-state index is 0.299. The van der Waals surface area contributed by atoms with E-state index in [4.69, 9.17) is 26.6 Å². The second-order valence-corrected chi connectivity index (χ2v) is 5.91. The molecule has 0 radical (unpaired) electrons. The van der Waals surface area contributed by atoms with E-state index in [1.807, 2.05) is 29.0 Å². The van der Waals surface area contributed by atoms with Gasteiger partial charge in [-0.15, -0.1) is 10.2 Å². The third-order valence-corrected chi connectivity index (χ3v) is 3.90. The van der Waals surface area contributed by atoms with Crippen LogP contribution in [-0.4, -0.2) is 16.0 Å². The molecule has 0 saturated carbocycles. The molecule has 0 spiro atoms. The molecule has 2 aromatic heterocycles. The number of halogens is 1. The fourth-order valence-electron chi connectivity index (χ4n) is 1.78. The Morgan fingerprint density at radius 2 is 2.26 bits per heavy atom. The minimum Gasteiger partial charge on any atom is -0.417 e. The molecule has 0 aliphatic rings. The number of thiophene rings is 1. The van der Waals surface area contributed by atoms with Crippen LogP contribution >= 0.6 is 22.9 Å². The summed E-state index contributed by atoms with van der Waals surface area (Å²) in [5, 5.41) is 16.2. The van der Waals surface area contributed by atoms with Crippen LogP contribution in [0.1, 0.15) is 24.5 Å². The SMILES string of the molecule is CC(O/N=C(\N)c1ccsc1)c1nnc(-c2cccc(Cl)c2)o1. The van der Waals surface area contributed by atoms with Gasteiger partial charge in [0.1, 0.15) is 0 Å². The first kappa shape index (κ1) is 15.5. The highest BCUT2D eigenvalue weighted by molar-refractivity contribution is 7.08. The molecule has 1 unspecified atom stereocenters. The lowest BCUT2D eigenvalue weighted by atomic mass is 10.2. The molecule has 1 aromatic carbocycles. The lowest BCUT2D eigenvalue weighted by Gasteiger charge is -2.05. The lowest BCUT2D eigenvalue weighted by Crippen LogP contribution is -2.13. The Morgan fingerprint density at radius 3 is 3.00 bits per heavy atom. The van der Waals surface area contributed by atoms with Crippen LogP contribution in [0.5, 0.6) is 0 Å². The first-order chi connectivity index (χ1) is 11.1. The molecule has 0 aliphatic carbocycles. The molecule has 0 bridgehead atoms. The first-order valence-electron chi connectivity index (χ1n) is 6.74. The second-order valence-electron chi connectivity index (χ2n) is 4.69. The Labute approximate surface area is 141 Å². The quantitative estimate of drug-likeness (QED) is 0.430. The highest BCUT2D eigenvalue weighted by Crippen LogP contribution is 2.24. The van der Waals surface area contributed by atoms with E-state index in [1.165, 1.54) is 11.3 Å². The number of amidine groups is 1. The van der Waals surface area contributed by atoms with E-state index in [2.05, 4.69) is 15.4 Å². The van der Waals surface area contributed by atoms with Gasteiger partial charge in [0.05, 0.1) is 0 Å². The van der Waals surface area contributed by atoms with Crippen LogP contribution in [0.2, 0.25) is 5.02 Å². The van der Waals surface area contributed by atoms with E-state index in [-0.39, 0.29) is 0 Å². The highest BCUT2D eigenvalue weighted by Gasteiger charge is 2.16. The van der Waals surface area contributed by atoms with E-state index in [9.17, 15) is 0 Å². The largest absolute Gasteiger partial charge is 0.417 e. The second kappa shape index (κ2) is 6.80. The van der Waals surface area contributed by atoms with Gasteiger partial charge in [0, 0.05) is 21.5 Å². The summed E-state index contributed by atoms with van der Waals surface area (Å²) in [4.78, 5) is 5.33. The predicted octanol–water partition coefficient (Wildman–Crippen LogP) is 3.85. The van der Waals surface area contributed by atoms with Crippen molar-refractivity contribution in [2.45, 2.75) is 13.0 Å². The number of rotatable bonds is 5. The van der Waals surface area contributed by atoms with Crippen molar-refractivity contribution in [1.29, 1.82) is 0 Å². The molecule has 2 heterocycles. The maximum atomic E-state index is 5.95. The van der Waals surface area contributed by atoms with Crippen molar-refractivity contribution in [3.63, 3.8) is 0 Å². The summed E-state index contributed by atoms with van der Waals surface area (Å²) in [6.07, 6.45) is -0.521. The van der Waals surface area contributed by atoms with Crippen molar-refractivity contribution in [3.05, 3.63) is 57.6 Å². The number of aromatic nitrogens is 2. The molecule has 23 heavy (non-hydrogen) atoms. The Bertz CT molecular complexity index is 817. The average molecular weight is 349 g/mol. The number of nitrogens with zero attached hydrogens (tertiary/aromatic N) is 3. The van der Waals surface area contributed by atoms with Gasteiger partial charge in [0.25, 0.3) is 5.89 Å². The fourth-order valence-corrected chi connectivity index (χ4v) is 2.62. The van der Waals surface area contributed by atoms with E-state index >= 15 is 0 Å². The van der Waals surface area contributed by atoms with Gasteiger partial charge in [-0.2, -0.15) is 11.3 Å². The normalized spacial score (nSPS) is 13.0. The van der Waals surface area contributed by atoms with Gasteiger partial charge in [-0.25, -0.2) is 0 Å². The van der Waals surface area contributed by atoms with Crippen LogP contribution in [0.3, 0.4) is 0 Å². The van der Waals surface area contributed by atoms with Gasteiger partial charge in [-0.1, -0.05) is 22.8 Å². The zero-order valence-electron chi connectivity index (χ0n) is 12.1. The van der Waals surface area contributed by atoms with Crippen LogP contribution in [0.15, 0.2) is 50.7 Å². The first-order valence-corrected chi connectivity index (χ1v) is 8.07. The summed E-state index contributed by atoms with van der Waals surface area (Å²) in [6, 6.07) is 9.03. The standard InChI is InChI=1S/C15H13ClN4O2S/c1-9(22-20-13(17)11-5-6-23-8-11)14-18-19-15(21-14)10-3-2-4-12(16)7-10/h2-9H,1H3,(H2,17,20). The van der Waals surface area contributed by atoms with E-state index in [0.717, 1.165) is 11.1 Å². The molecule has 8 heteroatoms. The van der Waals surface area contributed by atoms with E-state index < -0.39 is 6.10 Å². The third kappa shape index (κ3) is 3.69. The monoisotopic (exact) mass is 348 g/mol. The van der Waals surface area contributed by atoms with Gasteiger partial charge < -0.3 is 15.0 Å². The van der Waals surface area contributed by atoms with Gasteiger partial charge in [-0.05, 0) is 36.6 Å². The zero-order chi connectivity index (χ0) is 16.2. The minimum atomic E-state index is -0.521. The Hall–Kier alpha value is -2.38. The van der Waals surface area contributed by atoms with E-state index in [1.54, 1.807) is 19.1 Å². The Kier molecular flexibility index (Phi) is 4.59. The molecule has 1 atom stereocenters. The van der Waals surface area contributed by atoms with Crippen molar-refractivity contribution in [2.75, 3.05) is 0 Å². The maximum absolute atomic E-state index is 5.95. The maximum Gasteiger partial charge on any atom is 0.259 e. The predicted molar refractivity (Wildman–Crippen MR) is 89.3 cm³/mol. The van der Waals surface area contributed by atoms with Crippen molar-refractivity contribution in [2.24, 2.45) is 10.9 Å². The molecule has 0 fully saturated rings. The molecule has 6 nitrogen and oxygen atoms in total. The molecule has 0 saturated heterocycles. The zero-order valence-corrected chi connectivity index (χ0v) is 13.7. The van der Waals surface area contributed by atoms with Gasteiger partial charge in [-0.3, -0.25) is 0 Å². The van der Waals surface area contributed by atoms with Gasteiger partial charge >= 0.3 is 0 Å². The summed E-state index contributed by atoms with van der Waals surface area (Å²) in [5.74, 6) is 0.974. The van der Waals surface area contributed by atoms with Crippen molar-refractivity contribution >= 4 is 28.8 Å². The molecule has 3 rings (SSSR count). The van der Waals surface area contributed by atoms with Crippen LogP contribution in [-0.2, 0) is 4.84 Å². The molecular formula is C15H13ClN4O2S.